The molecule has 3 rings (SSSR count). The number of carboxylic acid groups (broad SMARTS) is 1. The standard InChI is InChI=1S/C17H19BN3O10PS/c19-33(29,30)21-14(9-4-6-11(7-5-9)32(26,27)28)16(22)20-13-8-10-2-1-3-12(17(23)24)15(10)31-18(13)25/h1-7,13-14,21,25H,8H2,(H,20,22)(H,23,24)(H2,19,29,30)(H2,26,27,28)/t13-,14?/m0/s1. The van der Waals surface area contributed by atoms with Gasteiger partial charge in [0.2, 0.25) is 5.91 Å². The molecule has 176 valence electrons. The zero-order valence-electron chi connectivity index (χ0n) is 16.7. The highest BCUT2D eigenvalue weighted by molar-refractivity contribution is 7.87. The highest BCUT2D eigenvalue weighted by Crippen LogP contribution is 2.33. The second-order valence-corrected chi connectivity index (χ2v) is 10.1. The average molecular weight is 499 g/mol. The van der Waals surface area contributed by atoms with E-state index in [9.17, 15) is 42.5 Å². The Hall–Kier alpha value is -2.78. The first-order chi connectivity index (χ1) is 15.3. The van der Waals surface area contributed by atoms with Crippen molar-refractivity contribution < 1.29 is 47.1 Å². The highest BCUT2D eigenvalue weighted by atomic mass is 32.2. The van der Waals surface area contributed by atoms with E-state index in [0.717, 1.165) is 24.3 Å². The van der Waals surface area contributed by atoms with E-state index < -0.39 is 48.8 Å². The molecule has 33 heavy (non-hydrogen) atoms. The summed E-state index contributed by atoms with van der Waals surface area (Å²) in [5.74, 6) is -3.33. The molecular formula is C17H19BN3O10PS. The molecule has 2 aromatic rings. The van der Waals surface area contributed by atoms with Crippen molar-refractivity contribution in [2.24, 2.45) is 5.14 Å². The molecule has 13 nitrogen and oxygen atoms in total. The number of nitrogens with two attached hydrogens (primary N) is 1. The maximum atomic E-state index is 12.9. The van der Waals surface area contributed by atoms with Crippen LogP contribution >= 0.6 is 7.60 Å². The number of carbonyl (C=O) groups excluding carboxylic acids is 1. The van der Waals surface area contributed by atoms with Gasteiger partial charge in [-0.1, -0.05) is 24.3 Å². The van der Waals surface area contributed by atoms with E-state index in [2.05, 4.69) is 5.32 Å². The molecular weight excluding hydrogens is 480 g/mol. The van der Waals surface area contributed by atoms with Crippen molar-refractivity contribution in [1.82, 2.24) is 10.0 Å². The van der Waals surface area contributed by atoms with Gasteiger partial charge >= 0.3 is 20.7 Å². The number of hydrogen-bond donors (Lipinski definition) is 7. The minimum Gasteiger partial charge on any atom is -0.534 e. The second-order valence-electron chi connectivity index (χ2n) is 7.16. The molecule has 0 saturated heterocycles. The van der Waals surface area contributed by atoms with E-state index in [1.54, 1.807) is 6.07 Å². The normalized spacial score (nSPS) is 17.0. The van der Waals surface area contributed by atoms with Crippen LogP contribution in [0.2, 0.25) is 0 Å². The van der Waals surface area contributed by atoms with Crippen LogP contribution in [0, 0.1) is 0 Å². The number of benzene rings is 2. The summed E-state index contributed by atoms with van der Waals surface area (Å²) in [5, 5.41) is 26.6. The van der Waals surface area contributed by atoms with E-state index in [1.807, 2.05) is 4.72 Å². The van der Waals surface area contributed by atoms with Crippen LogP contribution < -0.4 is 25.1 Å². The zero-order chi connectivity index (χ0) is 24.6. The van der Waals surface area contributed by atoms with Crippen LogP contribution in [0.5, 0.6) is 5.75 Å². The van der Waals surface area contributed by atoms with Gasteiger partial charge in [0.15, 0.2) is 0 Å². The fraction of sp³-hybridized carbons (Fsp3) is 0.176. The summed E-state index contributed by atoms with van der Waals surface area (Å²) in [6.07, 6.45) is -0.0252. The molecule has 2 atom stereocenters. The highest BCUT2D eigenvalue weighted by Gasteiger charge is 2.39. The van der Waals surface area contributed by atoms with Gasteiger partial charge in [0.25, 0.3) is 10.2 Å². The molecule has 0 fully saturated rings. The van der Waals surface area contributed by atoms with Gasteiger partial charge in [-0.15, -0.1) is 0 Å². The Balaban J connectivity index is 1.86. The van der Waals surface area contributed by atoms with E-state index in [1.165, 1.54) is 12.1 Å². The van der Waals surface area contributed by atoms with Crippen LogP contribution in [-0.4, -0.2) is 53.3 Å². The third kappa shape index (κ3) is 5.97. The van der Waals surface area contributed by atoms with Gasteiger partial charge < -0.3 is 29.9 Å². The fourth-order valence-electron chi connectivity index (χ4n) is 3.28. The SMILES string of the molecule is NS(=O)(=O)NC(C(=O)N[C@H]1Cc2cccc(C(=O)O)c2OB1O)c1ccc(P(=O)(O)O)cc1. The molecule has 1 amide bonds. The molecule has 1 unspecified atom stereocenters. The van der Waals surface area contributed by atoms with Gasteiger partial charge in [-0.05, 0) is 35.7 Å². The van der Waals surface area contributed by atoms with Crippen LogP contribution in [0.15, 0.2) is 42.5 Å². The van der Waals surface area contributed by atoms with Crippen LogP contribution in [-0.2, 0) is 26.0 Å². The number of nitrogens with one attached hydrogen (secondary N) is 2. The van der Waals surface area contributed by atoms with Crippen LogP contribution in [0.4, 0.5) is 0 Å². The molecule has 1 aliphatic heterocycles. The number of para-hydroxylation sites is 1. The van der Waals surface area contributed by atoms with E-state index in [0.29, 0.717) is 5.56 Å². The number of amides is 1. The summed E-state index contributed by atoms with van der Waals surface area (Å²) in [4.78, 5) is 42.7. The Bertz CT molecular complexity index is 1230. The van der Waals surface area contributed by atoms with Gasteiger partial charge in [-0.3, -0.25) is 9.36 Å². The number of fused-ring (bicyclic) bond motifs is 1. The second kappa shape index (κ2) is 9.23. The van der Waals surface area contributed by atoms with Crippen molar-refractivity contribution in [2.45, 2.75) is 18.4 Å². The first-order valence-corrected chi connectivity index (χ1v) is 12.4. The third-order valence-corrected chi connectivity index (χ3v) is 6.32. The van der Waals surface area contributed by atoms with Crippen molar-refractivity contribution >= 4 is 42.1 Å². The maximum absolute atomic E-state index is 12.9. The quantitative estimate of drug-likeness (QED) is 0.166. The van der Waals surface area contributed by atoms with Crippen molar-refractivity contribution in [3.05, 3.63) is 59.2 Å². The molecule has 0 spiro atoms. The third-order valence-electron chi connectivity index (χ3n) is 4.78. The molecule has 0 saturated carbocycles. The number of rotatable bonds is 7. The lowest BCUT2D eigenvalue weighted by molar-refractivity contribution is -0.123. The lowest BCUT2D eigenvalue weighted by Gasteiger charge is -2.30. The minimum absolute atomic E-state index is 0.0125. The Morgan fingerprint density at radius 2 is 1.82 bits per heavy atom. The van der Waals surface area contributed by atoms with Gasteiger partial charge in [-0.2, -0.15) is 13.1 Å². The predicted molar refractivity (Wildman–Crippen MR) is 115 cm³/mol. The van der Waals surface area contributed by atoms with Crippen molar-refractivity contribution in [3.63, 3.8) is 0 Å². The Kier molecular flexibility index (Phi) is 6.95. The van der Waals surface area contributed by atoms with E-state index in [4.69, 9.17) is 9.79 Å². The molecule has 2 aromatic carbocycles. The van der Waals surface area contributed by atoms with E-state index >= 15 is 0 Å². The molecule has 1 heterocycles. The zero-order valence-corrected chi connectivity index (χ0v) is 18.4. The summed E-state index contributed by atoms with van der Waals surface area (Å²) in [6, 6.07) is 7.04. The molecule has 0 radical (unpaired) electrons. The van der Waals surface area contributed by atoms with Crippen LogP contribution in [0.25, 0.3) is 0 Å². The van der Waals surface area contributed by atoms with Crippen LogP contribution in [0.1, 0.15) is 27.5 Å². The number of aromatic carboxylic acids is 1. The topological polar surface area (TPSA) is 226 Å². The molecule has 0 aliphatic carbocycles. The molecule has 8 N–H and O–H groups in total. The first kappa shape index (κ1) is 24.9. The average Bonchev–Trinajstić information content (AvgIpc) is 2.71. The monoisotopic (exact) mass is 499 g/mol. The molecule has 1 aliphatic rings. The number of carboxylic acids is 1. The summed E-state index contributed by atoms with van der Waals surface area (Å²) in [5.41, 5.74) is 0.237. The molecule has 16 heteroatoms. The Morgan fingerprint density at radius 3 is 2.36 bits per heavy atom. The minimum atomic E-state index is -4.57. The fourth-order valence-corrected chi connectivity index (χ4v) is 4.39. The van der Waals surface area contributed by atoms with Crippen molar-refractivity contribution in [3.8, 4) is 5.75 Å². The molecule has 0 bridgehead atoms. The number of carbonyl (C=O) groups is 2. The summed E-state index contributed by atoms with van der Waals surface area (Å²) >= 11 is 0. The van der Waals surface area contributed by atoms with Gasteiger partial charge in [0.05, 0.1) is 16.8 Å². The lowest BCUT2D eigenvalue weighted by Crippen LogP contribution is -2.55. The Labute approximate surface area is 188 Å². The maximum Gasteiger partial charge on any atom is 0.547 e. The van der Waals surface area contributed by atoms with E-state index in [-0.39, 0.29) is 28.6 Å². The van der Waals surface area contributed by atoms with Crippen LogP contribution in [0.3, 0.4) is 0 Å². The lowest BCUT2D eigenvalue weighted by atomic mass is 9.72. The first-order valence-electron chi connectivity index (χ1n) is 9.22. The molecule has 0 aromatic heterocycles. The van der Waals surface area contributed by atoms with Gasteiger partial charge in [0.1, 0.15) is 11.8 Å². The summed E-state index contributed by atoms with van der Waals surface area (Å²) in [6.45, 7) is 0. The van der Waals surface area contributed by atoms with Crippen molar-refractivity contribution in [1.29, 1.82) is 0 Å². The largest absolute Gasteiger partial charge is 0.547 e. The van der Waals surface area contributed by atoms with Crippen molar-refractivity contribution in [2.75, 3.05) is 0 Å². The Morgan fingerprint density at radius 1 is 1.18 bits per heavy atom. The summed E-state index contributed by atoms with van der Waals surface area (Å²) < 4.78 is 41.8. The smallest absolute Gasteiger partial charge is 0.534 e. The summed E-state index contributed by atoms with van der Waals surface area (Å²) in [7, 11) is -10.6. The van der Waals surface area contributed by atoms with Gasteiger partial charge in [0, 0.05) is 0 Å². The predicted octanol–water partition coefficient (Wildman–Crippen LogP) is -1.84. The van der Waals surface area contributed by atoms with Gasteiger partial charge in [-0.25, -0.2) is 9.93 Å². The number of hydrogen-bond acceptors (Lipinski definition) is 7.